The van der Waals surface area contributed by atoms with Crippen LogP contribution in [-0.4, -0.2) is 92.4 Å². The van der Waals surface area contributed by atoms with Crippen molar-refractivity contribution in [2.75, 3.05) is 33.7 Å². The van der Waals surface area contributed by atoms with E-state index in [1.807, 2.05) is 0 Å². The first kappa shape index (κ1) is 17.3. The molecule has 10 nitrogen and oxygen atoms in total. The van der Waals surface area contributed by atoms with Crippen molar-refractivity contribution >= 4 is 17.7 Å². The monoisotopic (exact) mass is 349 g/mol. The lowest BCUT2D eigenvalue weighted by Crippen LogP contribution is -2.51. The standard InChI is InChI=1S/C15H23N7O3/c1-19(2)14(24)9-22-12-4-3-11(15(22)25)7-20(8-12)13(23)5-6-21-10-16-17-18-21/h10-12H,3-9H2,1-2H3/t11-,12+/m0/s1. The van der Waals surface area contributed by atoms with E-state index in [-0.39, 0.29) is 42.6 Å². The van der Waals surface area contributed by atoms with Crippen LogP contribution in [0, 0.1) is 5.92 Å². The van der Waals surface area contributed by atoms with E-state index in [0.29, 0.717) is 19.6 Å². The Hall–Kier alpha value is -2.52. The fraction of sp³-hybridized carbons (Fsp3) is 0.733. The van der Waals surface area contributed by atoms with E-state index >= 15 is 0 Å². The number of aromatic nitrogens is 4. The van der Waals surface area contributed by atoms with E-state index in [1.54, 1.807) is 23.9 Å². The molecule has 0 saturated carbocycles. The first-order valence-corrected chi connectivity index (χ1v) is 8.45. The van der Waals surface area contributed by atoms with Crippen molar-refractivity contribution in [1.29, 1.82) is 0 Å². The van der Waals surface area contributed by atoms with Gasteiger partial charge in [0.05, 0.1) is 12.5 Å². The molecule has 0 spiro atoms. The summed E-state index contributed by atoms with van der Waals surface area (Å²) in [4.78, 5) is 42.1. The molecule has 4 rings (SSSR count). The molecular weight excluding hydrogens is 326 g/mol. The SMILES string of the molecule is CN(C)C(=O)CN1C(=O)[C@H]2CC[C@@H]1CN(C(=O)CCn1cnnn1)C2. The van der Waals surface area contributed by atoms with Gasteiger partial charge in [-0.05, 0) is 23.3 Å². The summed E-state index contributed by atoms with van der Waals surface area (Å²) < 4.78 is 1.51. The summed E-state index contributed by atoms with van der Waals surface area (Å²) in [6.45, 7) is 1.40. The highest BCUT2D eigenvalue weighted by Crippen LogP contribution is 2.29. The zero-order valence-corrected chi connectivity index (χ0v) is 14.5. The molecule has 3 fully saturated rings. The number of likely N-dealkylation sites (N-methyl/N-ethyl adjacent to an activating group) is 1. The van der Waals surface area contributed by atoms with Crippen LogP contribution in [0.2, 0.25) is 0 Å². The molecule has 0 radical (unpaired) electrons. The fourth-order valence-corrected chi connectivity index (χ4v) is 3.39. The summed E-state index contributed by atoms with van der Waals surface area (Å²) in [7, 11) is 3.36. The Labute approximate surface area is 145 Å². The van der Waals surface area contributed by atoms with Gasteiger partial charge in [-0.15, -0.1) is 5.10 Å². The minimum absolute atomic E-state index is 0.0118. The van der Waals surface area contributed by atoms with Crippen LogP contribution >= 0.6 is 0 Å². The minimum atomic E-state index is -0.217. The maximum atomic E-state index is 12.7. The van der Waals surface area contributed by atoms with E-state index < -0.39 is 0 Å². The molecule has 0 N–H and O–H groups in total. The Morgan fingerprint density at radius 3 is 2.76 bits per heavy atom. The molecule has 136 valence electrons. The highest BCUT2D eigenvalue weighted by molar-refractivity contribution is 5.87. The molecule has 1 aromatic rings. The highest BCUT2D eigenvalue weighted by atomic mass is 16.2. The molecular formula is C15H23N7O3. The third-order valence-corrected chi connectivity index (χ3v) is 4.90. The summed E-state index contributed by atoms with van der Waals surface area (Å²) in [6.07, 6.45) is 3.35. The summed E-state index contributed by atoms with van der Waals surface area (Å²) in [5.74, 6) is -0.341. The number of rotatable bonds is 5. The van der Waals surface area contributed by atoms with Crippen LogP contribution in [0.15, 0.2) is 6.33 Å². The number of aryl methyl sites for hydroxylation is 1. The number of fused-ring (bicyclic) bond motifs is 4. The Morgan fingerprint density at radius 1 is 1.28 bits per heavy atom. The van der Waals surface area contributed by atoms with Crippen molar-refractivity contribution in [3.63, 3.8) is 0 Å². The predicted molar refractivity (Wildman–Crippen MR) is 85.9 cm³/mol. The molecule has 2 bridgehead atoms. The van der Waals surface area contributed by atoms with Crippen LogP contribution in [-0.2, 0) is 20.9 Å². The number of hydrogen-bond acceptors (Lipinski definition) is 6. The van der Waals surface area contributed by atoms with Gasteiger partial charge in [-0.1, -0.05) is 0 Å². The van der Waals surface area contributed by atoms with Crippen LogP contribution in [0.3, 0.4) is 0 Å². The molecule has 3 aliphatic heterocycles. The summed E-state index contributed by atoms with van der Waals surface area (Å²) in [5, 5.41) is 10.8. The number of carbonyl (C=O) groups is 3. The van der Waals surface area contributed by atoms with Gasteiger partial charge in [-0.25, -0.2) is 4.68 Å². The summed E-state index contributed by atoms with van der Waals surface area (Å²) >= 11 is 0. The number of amides is 3. The van der Waals surface area contributed by atoms with E-state index in [0.717, 1.165) is 12.8 Å². The first-order valence-electron chi connectivity index (χ1n) is 8.45. The molecule has 3 aliphatic rings. The summed E-state index contributed by atoms with van der Waals surface area (Å²) in [5.41, 5.74) is 0. The van der Waals surface area contributed by atoms with Gasteiger partial charge in [-0.3, -0.25) is 14.4 Å². The van der Waals surface area contributed by atoms with Gasteiger partial charge >= 0.3 is 0 Å². The van der Waals surface area contributed by atoms with Crippen LogP contribution in [0.4, 0.5) is 0 Å². The lowest BCUT2D eigenvalue weighted by molar-refractivity contribution is -0.145. The molecule has 0 unspecified atom stereocenters. The van der Waals surface area contributed by atoms with Crippen LogP contribution in [0.1, 0.15) is 19.3 Å². The van der Waals surface area contributed by atoms with E-state index in [9.17, 15) is 14.4 Å². The molecule has 0 aliphatic carbocycles. The minimum Gasteiger partial charge on any atom is -0.347 e. The normalized spacial score (nSPS) is 22.9. The number of carbonyl (C=O) groups excluding carboxylic acids is 3. The van der Waals surface area contributed by atoms with Gasteiger partial charge < -0.3 is 14.7 Å². The largest absolute Gasteiger partial charge is 0.347 e. The van der Waals surface area contributed by atoms with Gasteiger partial charge in [-0.2, -0.15) is 0 Å². The molecule has 1 aromatic heterocycles. The number of hydrogen-bond donors (Lipinski definition) is 0. The molecule has 25 heavy (non-hydrogen) atoms. The van der Waals surface area contributed by atoms with Gasteiger partial charge in [0.25, 0.3) is 0 Å². The van der Waals surface area contributed by atoms with E-state index in [4.69, 9.17) is 0 Å². The third-order valence-electron chi connectivity index (χ3n) is 4.90. The lowest BCUT2D eigenvalue weighted by Gasteiger charge is -2.35. The zero-order valence-electron chi connectivity index (χ0n) is 14.5. The molecule has 3 amide bonds. The molecule has 4 heterocycles. The lowest BCUT2D eigenvalue weighted by atomic mass is 9.94. The second-order valence-electron chi connectivity index (χ2n) is 6.80. The number of piperidine rings is 1. The van der Waals surface area contributed by atoms with E-state index in [2.05, 4.69) is 15.5 Å². The van der Waals surface area contributed by atoms with Crippen molar-refractivity contribution in [2.45, 2.75) is 31.8 Å². The molecule has 10 heteroatoms. The van der Waals surface area contributed by atoms with Gasteiger partial charge in [0.15, 0.2) is 0 Å². The fourth-order valence-electron chi connectivity index (χ4n) is 3.39. The Bertz CT molecular complexity index is 646. The average molecular weight is 349 g/mol. The van der Waals surface area contributed by atoms with Crippen molar-refractivity contribution in [1.82, 2.24) is 34.9 Å². The Kier molecular flexibility index (Phi) is 4.95. The third kappa shape index (κ3) is 3.77. The maximum absolute atomic E-state index is 12.7. The van der Waals surface area contributed by atoms with Gasteiger partial charge in [0.1, 0.15) is 12.9 Å². The maximum Gasteiger partial charge on any atom is 0.241 e. The van der Waals surface area contributed by atoms with E-state index in [1.165, 1.54) is 15.9 Å². The smallest absolute Gasteiger partial charge is 0.241 e. The van der Waals surface area contributed by atoms with Gasteiger partial charge in [0.2, 0.25) is 17.7 Å². The molecule has 3 saturated heterocycles. The zero-order chi connectivity index (χ0) is 18.0. The molecule has 0 aromatic carbocycles. The number of tetrazole rings is 1. The Balaban J connectivity index is 1.64. The van der Waals surface area contributed by atoms with Crippen molar-refractivity contribution in [2.24, 2.45) is 5.92 Å². The van der Waals surface area contributed by atoms with Crippen molar-refractivity contribution in [3.05, 3.63) is 6.33 Å². The average Bonchev–Trinajstić information content (AvgIpc) is 2.96. The predicted octanol–water partition coefficient (Wildman–Crippen LogP) is -1.40. The second kappa shape index (κ2) is 7.16. The topological polar surface area (TPSA) is 105 Å². The van der Waals surface area contributed by atoms with Crippen LogP contribution in [0.5, 0.6) is 0 Å². The van der Waals surface area contributed by atoms with Gasteiger partial charge in [0, 0.05) is 39.6 Å². The second-order valence-corrected chi connectivity index (χ2v) is 6.80. The Morgan fingerprint density at radius 2 is 2.08 bits per heavy atom. The number of nitrogens with zero attached hydrogens (tertiary/aromatic N) is 7. The van der Waals surface area contributed by atoms with Crippen LogP contribution in [0.25, 0.3) is 0 Å². The first-order chi connectivity index (χ1) is 12.0. The quantitative estimate of drug-likeness (QED) is 0.648. The summed E-state index contributed by atoms with van der Waals surface area (Å²) in [6, 6.07) is -0.0906. The molecule has 2 atom stereocenters. The highest BCUT2D eigenvalue weighted by Gasteiger charge is 2.42. The van der Waals surface area contributed by atoms with Crippen molar-refractivity contribution in [3.8, 4) is 0 Å². The van der Waals surface area contributed by atoms with Crippen LogP contribution < -0.4 is 0 Å². The van der Waals surface area contributed by atoms with Crippen molar-refractivity contribution < 1.29 is 14.4 Å².